The maximum absolute atomic E-state index is 5.42. The molecule has 1 aromatic heterocycles. The lowest BCUT2D eigenvalue weighted by atomic mass is 10.1. The van der Waals surface area contributed by atoms with Gasteiger partial charge in [-0.15, -0.1) is 0 Å². The van der Waals surface area contributed by atoms with Crippen molar-refractivity contribution in [3.05, 3.63) is 47.7 Å². The van der Waals surface area contributed by atoms with E-state index in [0.29, 0.717) is 12.4 Å². The number of aryl methyl sites for hydroxylation is 1. The van der Waals surface area contributed by atoms with Crippen molar-refractivity contribution < 1.29 is 9.15 Å². The number of ether oxygens (including phenoxy) is 1. The molecule has 0 aliphatic heterocycles. The molecule has 1 atom stereocenters. The highest BCUT2D eigenvalue weighted by atomic mass is 16.5. The number of methoxy groups -OCH3 is 1. The third-order valence-corrected chi connectivity index (χ3v) is 2.83. The van der Waals surface area contributed by atoms with Gasteiger partial charge in [0.15, 0.2) is 0 Å². The molecule has 0 spiro atoms. The van der Waals surface area contributed by atoms with Gasteiger partial charge < -0.3 is 14.5 Å². The molecule has 2 aromatic rings. The van der Waals surface area contributed by atoms with Crippen molar-refractivity contribution >= 4 is 0 Å². The number of rotatable bonds is 5. The van der Waals surface area contributed by atoms with Gasteiger partial charge in [-0.3, -0.25) is 0 Å². The van der Waals surface area contributed by atoms with E-state index in [1.807, 2.05) is 25.1 Å². The van der Waals surface area contributed by atoms with Crippen molar-refractivity contribution in [3.63, 3.8) is 0 Å². The van der Waals surface area contributed by atoms with Gasteiger partial charge in [-0.1, -0.05) is 18.2 Å². The van der Waals surface area contributed by atoms with E-state index >= 15 is 0 Å². The lowest BCUT2D eigenvalue weighted by Gasteiger charge is -2.16. The van der Waals surface area contributed by atoms with Crippen molar-refractivity contribution in [2.24, 2.45) is 0 Å². The molecule has 4 nitrogen and oxygen atoms in total. The summed E-state index contributed by atoms with van der Waals surface area (Å²) in [6.45, 7) is 4.58. The fraction of sp³-hybridized carbons (Fsp3) is 0.357. The van der Waals surface area contributed by atoms with Gasteiger partial charge in [0.25, 0.3) is 0 Å². The minimum atomic E-state index is 0.174. The summed E-state index contributed by atoms with van der Waals surface area (Å²) in [5.41, 5.74) is 1.13. The van der Waals surface area contributed by atoms with Crippen LogP contribution in [0.3, 0.4) is 0 Å². The molecular formula is C14H18N2O2. The number of oxazole rings is 1. The van der Waals surface area contributed by atoms with Crippen molar-refractivity contribution in [1.29, 1.82) is 0 Å². The molecule has 0 radical (unpaired) electrons. The summed E-state index contributed by atoms with van der Waals surface area (Å²) < 4.78 is 10.8. The lowest BCUT2D eigenvalue weighted by molar-refractivity contribution is 0.394. The molecule has 2 rings (SSSR count). The third kappa shape index (κ3) is 2.90. The van der Waals surface area contributed by atoms with Crippen LogP contribution in [0.5, 0.6) is 5.75 Å². The zero-order chi connectivity index (χ0) is 13.0. The number of nitrogens with one attached hydrogen (secondary N) is 1. The zero-order valence-corrected chi connectivity index (χ0v) is 10.9. The molecule has 1 N–H and O–H groups in total. The molecule has 1 heterocycles. The highest BCUT2D eigenvalue weighted by Crippen LogP contribution is 2.24. The fourth-order valence-corrected chi connectivity index (χ4v) is 1.86. The monoisotopic (exact) mass is 246 g/mol. The molecule has 0 aliphatic rings. The smallest absolute Gasteiger partial charge is 0.208 e. The van der Waals surface area contributed by atoms with E-state index < -0.39 is 0 Å². The van der Waals surface area contributed by atoms with Gasteiger partial charge in [0.1, 0.15) is 11.5 Å². The van der Waals surface area contributed by atoms with Crippen LogP contribution in [-0.4, -0.2) is 12.1 Å². The van der Waals surface area contributed by atoms with Crippen LogP contribution in [0.15, 0.2) is 34.9 Å². The second kappa shape index (κ2) is 5.69. The Morgan fingerprint density at radius 1 is 1.39 bits per heavy atom. The third-order valence-electron chi connectivity index (χ3n) is 2.83. The van der Waals surface area contributed by atoms with E-state index in [9.17, 15) is 0 Å². The summed E-state index contributed by atoms with van der Waals surface area (Å²) in [6.07, 6.45) is 1.73. The Bertz CT molecular complexity index is 508. The number of benzene rings is 1. The number of nitrogens with zero attached hydrogens (tertiary/aromatic N) is 1. The van der Waals surface area contributed by atoms with E-state index in [-0.39, 0.29) is 6.04 Å². The Morgan fingerprint density at radius 3 is 2.83 bits per heavy atom. The maximum Gasteiger partial charge on any atom is 0.208 e. The largest absolute Gasteiger partial charge is 0.496 e. The topological polar surface area (TPSA) is 47.3 Å². The van der Waals surface area contributed by atoms with Gasteiger partial charge in [0, 0.05) is 11.6 Å². The molecule has 1 unspecified atom stereocenters. The first-order valence-electron chi connectivity index (χ1n) is 5.98. The van der Waals surface area contributed by atoms with Crippen molar-refractivity contribution in [2.45, 2.75) is 26.4 Å². The first kappa shape index (κ1) is 12.6. The van der Waals surface area contributed by atoms with E-state index in [0.717, 1.165) is 17.1 Å². The van der Waals surface area contributed by atoms with Crippen LogP contribution >= 0.6 is 0 Å². The SMILES string of the molecule is COc1ccccc1C(C)NCc1ncc(C)o1. The first-order chi connectivity index (χ1) is 8.70. The summed E-state index contributed by atoms with van der Waals surface area (Å²) in [4.78, 5) is 4.16. The molecule has 18 heavy (non-hydrogen) atoms. The van der Waals surface area contributed by atoms with E-state index in [2.05, 4.69) is 23.3 Å². The highest BCUT2D eigenvalue weighted by Gasteiger charge is 2.11. The molecule has 0 saturated carbocycles. The second-order valence-corrected chi connectivity index (χ2v) is 4.21. The van der Waals surface area contributed by atoms with Crippen LogP contribution < -0.4 is 10.1 Å². The predicted molar refractivity (Wildman–Crippen MR) is 69.5 cm³/mol. The van der Waals surface area contributed by atoms with Crippen LogP contribution in [0.4, 0.5) is 0 Å². The Labute approximate surface area is 107 Å². The van der Waals surface area contributed by atoms with Gasteiger partial charge in [-0.25, -0.2) is 4.98 Å². The first-order valence-corrected chi connectivity index (χ1v) is 5.98. The van der Waals surface area contributed by atoms with Crippen LogP contribution in [0.1, 0.15) is 30.2 Å². The number of hydrogen-bond acceptors (Lipinski definition) is 4. The summed E-state index contributed by atoms with van der Waals surface area (Å²) in [6, 6.07) is 8.16. The van der Waals surface area contributed by atoms with E-state index in [1.165, 1.54) is 0 Å². The molecule has 0 saturated heterocycles. The van der Waals surface area contributed by atoms with Gasteiger partial charge in [0.2, 0.25) is 5.89 Å². The average Bonchev–Trinajstić information content (AvgIpc) is 2.81. The summed E-state index contributed by atoms with van der Waals surface area (Å²) >= 11 is 0. The van der Waals surface area contributed by atoms with Crippen molar-refractivity contribution in [1.82, 2.24) is 10.3 Å². The maximum atomic E-state index is 5.42. The Morgan fingerprint density at radius 2 is 2.17 bits per heavy atom. The normalized spacial score (nSPS) is 12.4. The predicted octanol–water partition coefficient (Wildman–Crippen LogP) is 2.84. The van der Waals surface area contributed by atoms with E-state index in [1.54, 1.807) is 13.3 Å². The molecule has 0 bridgehead atoms. The number of para-hydroxylation sites is 1. The highest BCUT2D eigenvalue weighted by molar-refractivity contribution is 5.35. The molecule has 0 aliphatic carbocycles. The zero-order valence-electron chi connectivity index (χ0n) is 10.9. The lowest BCUT2D eigenvalue weighted by Crippen LogP contribution is -2.18. The number of aromatic nitrogens is 1. The standard InChI is InChI=1S/C14H18N2O2/c1-10-8-16-14(18-10)9-15-11(2)12-6-4-5-7-13(12)17-3/h4-8,11,15H,9H2,1-3H3. The van der Waals surface area contributed by atoms with E-state index in [4.69, 9.17) is 9.15 Å². The minimum Gasteiger partial charge on any atom is -0.496 e. The second-order valence-electron chi connectivity index (χ2n) is 4.21. The summed E-state index contributed by atoms with van der Waals surface area (Å²) in [7, 11) is 1.68. The van der Waals surface area contributed by atoms with Crippen LogP contribution in [0, 0.1) is 6.92 Å². The molecule has 0 amide bonds. The van der Waals surface area contributed by atoms with Gasteiger partial charge in [-0.05, 0) is 19.9 Å². The van der Waals surface area contributed by atoms with Crippen LogP contribution in [0.25, 0.3) is 0 Å². The Hall–Kier alpha value is -1.81. The Balaban J connectivity index is 2.01. The summed E-state index contributed by atoms with van der Waals surface area (Å²) in [5.74, 6) is 2.42. The van der Waals surface area contributed by atoms with Gasteiger partial charge >= 0.3 is 0 Å². The molecule has 96 valence electrons. The number of hydrogen-bond donors (Lipinski definition) is 1. The molecule has 1 aromatic carbocycles. The van der Waals surface area contributed by atoms with Crippen LogP contribution in [-0.2, 0) is 6.54 Å². The minimum absolute atomic E-state index is 0.174. The van der Waals surface area contributed by atoms with Crippen molar-refractivity contribution in [2.75, 3.05) is 7.11 Å². The van der Waals surface area contributed by atoms with Crippen LogP contribution in [0.2, 0.25) is 0 Å². The van der Waals surface area contributed by atoms with Gasteiger partial charge in [0.05, 0.1) is 19.9 Å². The quantitative estimate of drug-likeness (QED) is 0.881. The molecule has 0 fully saturated rings. The van der Waals surface area contributed by atoms with Gasteiger partial charge in [-0.2, -0.15) is 0 Å². The fourth-order valence-electron chi connectivity index (χ4n) is 1.86. The van der Waals surface area contributed by atoms with Crippen molar-refractivity contribution in [3.8, 4) is 5.75 Å². The summed E-state index contributed by atoms with van der Waals surface area (Å²) in [5, 5.41) is 3.37. The Kier molecular flexibility index (Phi) is 3.99. The molecule has 4 heteroatoms. The molecular weight excluding hydrogens is 228 g/mol. The average molecular weight is 246 g/mol.